The first-order chi connectivity index (χ1) is 14.1. The van der Waals surface area contributed by atoms with Gasteiger partial charge in [-0.05, 0) is 30.0 Å². The summed E-state index contributed by atoms with van der Waals surface area (Å²) in [7, 11) is 0. The van der Waals surface area contributed by atoms with Crippen molar-refractivity contribution in [3.8, 4) is 0 Å². The maximum absolute atomic E-state index is 14.0. The van der Waals surface area contributed by atoms with Crippen molar-refractivity contribution in [2.24, 2.45) is 5.73 Å². The van der Waals surface area contributed by atoms with E-state index in [1.165, 1.54) is 4.90 Å². The maximum atomic E-state index is 14.0. The molecule has 2 unspecified atom stereocenters. The Balaban J connectivity index is 1.45. The number of nitrogens with zero attached hydrogens (tertiary/aromatic N) is 4. The lowest BCUT2D eigenvalue weighted by Crippen LogP contribution is -2.42. The van der Waals surface area contributed by atoms with Gasteiger partial charge in [0, 0.05) is 31.5 Å². The third-order valence-corrected chi connectivity index (χ3v) is 5.69. The van der Waals surface area contributed by atoms with Crippen LogP contribution in [0.4, 0.5) is 26.3 Å². The number of aromatic nitrogens is 3. The van der Waals surface area contributed by atoms with Crippen molar-refractivity contribution in [1.82, 2.24) is 19.7 Å². The molecule has 1 aromatic carbocycles. The molecule has 4 rings (SSSR count). The quantitative estimate of drug-likeness (QED) is 0.596. The van der Waals surface area contributed by atoms with Crippen molar-refractivity contribution in [2.75, 3.05) is 6.54 Å². The van der Waals surface area contributed by atoms with Crippen LogP contribution >= 0.6 is 0 Å². The minimum atomic E-state index is -4.64. The number of fused-ring (bicyclic) bond motifs is 2. The van der Waals surface area contributed by atoms with Crippen LogP contribution in [0.5, 0.6) is 0 Å². The number of carbonyl (C=O) groups is 1. The summed E-state index contributed by atoms with van der Waals surface area (Å²) in [4.78, 5) is 14.0. The van der Waals surface area contributed by atoms with Gasteiger partial charge in [0.1, 0.15) is 0 Å². The number of hydrogen-bond donors (Lipinski definition) is 1. The van der Waals surface area contributed by atoms with E-state index in [0.29, 0.717) is 6.42 Å². The van der Waals surface area contributed by atoms with Gasteiger partial charge in [-0.15, -0.1) is 10.2 Å². The van der Waals surface area contributed by atoms with Gasteiger partial charge in [0.05, 0.1) is 6.54 Å². The van der Waals surface area contributed by atoms with Crippen LogP contribution in [0.25, 0.3) is 0 Å². The number of benzene rings is 1. The predicted molar refractivity (Wildman–Crippen MR) is 90.4 cm³/mol. The molecule has 162 valence electrons. The van der Waals surface area contributed by atoms with Crippen LogP contribution in [0.1, 0.15) is 41.5 Å². The summed E-state index contributed by atoms with van der Waals surface area (Å²) in [6.45, 7) is -0.236. The highest BCUT2D eigenvalue weighted by molar-refractivity contribution is 5.77. The predicted octanol–water partition coefficient (Wildman–Crippen LogP) is 2.50. The average molecular weight is 433 g/mol. The molecular formula is C18H17F6N5O. The Kier molecular flexibility index (Phi) is 4.99. The molecule has 0 fully saturated rings. The minimum Gasteiger partial charge on any atom is -0.333 e. The average Bonchev–Trinajstić information content (AvgIpc) is 3.29. The molecule has 1 amide bonds. The Hall–Kier alpha value is -2.63. The van der Waals surface area contributed by atoms with Crippen LogP contribution in [-0.2, 0) is 30.5 Å². The van der Waals surface area contributed by atoms with Gasteiger partial charge in [-0.2, -0.15) is 13.2 Å². The molecule has 30 heavy (non-hydrogen) atoms. The number of amides is 1. The van der Waals surface area contributed by atoms with Crippen molar-refractivity contribution in [1.29, 1.82) is 0 Å². The number of nitrogens with two attached hydrogens (primary N) is 1. The van der Waals surface area contributed by atoms with Gasteiger partial charge in [0.15, 0.2) is 23.3 Å². The van der Waals surface area contributed by atoms with E-state index in [-0.39, 0.29) is 49.4 Å². The van der Waals surface area contributed by atoms with Gasteiger partial charge < -0.3 is 15.2 Å². The highest BCUT2D eigenvalue weighted by Gasteiger charge is 2.40. The zero-order chi connectivity index (χ0) is 21.8. The van der Waals surface area contributed by atoms with Crippen molar-refractivity contribution in [3.63, 3.8) is 0 Å². The summed E-state index contributed by atoms with van der Waals surface area (Å²) < 4.78 is 80.7. The third-order valence-electron chi connectivity index (χ3n) is 5.69. The molecule has 0 radical (unpaired) electrons. The van der Waals surface area contributed by atoms with Crippen LogP contribution in [0.15, 0.2) is 6.07 Å². The third kappa shape index (κ3) is 3.42. The Morgan fingerprint density at radius 2 is 1.93 bits per heavy atom. The van der Waals surface area contributed by atoms with E-state index in [1.807, 2.05) is 0 Å². The molecule has 6 nitrogen and oxygen atoms in total. The highest BCUT2D eigenvalue weighted by Crippen LogP contribution is 2.39. The van der Waals surface area contributed by atoms with Gasteiger partial charge in [0.2, 0.25) is 11.7 Å². The first kappa shape index (κ1) is 20.6. The van der Waals surface area contributed by atoms with E-state index < -0.39 is 47.3 Å². The highest BCUT2D eigenvalue weighted by atomic mass is 19.4. The van der Waals surface area contributed by atoms with Crippen molar-refractivity contribution in [2.45, 2.75) is 50.5 Å². The van der Waals surface area contributed by atoms with Crippen LogP contribution < -0.4 is 5.73 Å². The molecule has 2 heterocycles. The fourth-order valence-corrected chi connectivity index (χ4v) is 4.19. The number of rotatable bonds is 3. The molecule has 12 heteroatoms. The maximum Gasteiger partial charge on any atom is 0.451 e. The normalized spacial score (nSPS) is 19.6. The molecule has 0 saturated heterocycles. The van der Waals surface area contributed by atoms with Gasteiger partial charge in [0.25, 0.3) is 0 Å². The Bertz CT molecular complexity index is 1000. The number of hydrogen-bond acceptors (Lipinski definition) is 4. The SMILES string of the molecule is NC(CC(=O)N1CCn2c(nnc2C(F)(F)F)C1)C1CCc2c1cc(F)c(F)c2F. The topological polar surface area (TPSA) is 77.0 Å². The monoisotopic (exact) mass is 433 g/mol. The first-order valence-corrected chi connectivity index (χ1v) is 9.26. The lowest BCUT2D eigenvalue weighted by Gasteiger charge is -2.30. The standard InChI is InChI=1S/C18H17F6N5O/c19-11-5-10-8(1-2-9(10)15(20)16(11)21)12(25)6-14(30)28-3-4-29-13(7-28)26-27-17(29)18(22,23)24/h5,8,12H,1-4,6-7,25H2. The van der Waals surface area contributed by atoms with E-state index in [9.17, 15) is 31.1 Å². The summed E-state index contributed by atoms with van der Waals surface area (Å²) in [6.07, 6.45) is -4.30. The van der Waals surface area contributed by atoms with Crippen LogP contribution in [0, 0.1) is 17.5 Å². The van der Waals surface area contributed by atoms with Crippen LogP contribution in [0.3, 0.4) is 0 Å². The fraction of sp³-hybridized carbons (Fsp3) is 0.500. The molecule has 2 aliphatic rings. The minimum absolute atomic E-state index is 0.0151. The van der Waals surface area contributed by atoms with E-state index in [4.69, 9.17) is 5.73 Å². The largest absolute Gasteiger partial charge is 0.451 e. The second-order valence-corrected chi connectivity index (χ2v) is 7.47. The Morgan fingerprint density at radius 3 is 2.63 bits per heavy atom. The number of halogens is 6. The van der Waals surface area contributed by atoms with Gasteiger partial charge >= 0.3 is 6.18 Å². The smallest absolute Gasteiger partial charge is 0.333 e. The summed E-state index contributed by atoms with van der Waals surface area (Å²) in [5, 5.41) is 6.68. The fourth-order valence-electron chi connectivity index (χ4n) is 4.19. The second kappa shape index (κ2) is 7.25. The molecule has 2 N–H and O–H groups in total. The second-order valence-electron chi connectivity index (χ2n) is 7.47. The molecular weight excluding hydrogens is 416 g/mol. The van der Waals surface area contributed by atoms with E-state index in [0.717, 1.165) is 10.6 Å². The molecule has 0 bridgehead atoms. The molecule has 1 aliphatic carbocycles. The van der Waals surface area contributed by atoms with Gasteiger partial charge in [-0.3, -0.25) is 4.79 Å². The first-order valence-electron chi connectivity index (χ1n) is 9.26. The molecule has 0 saturated carbocycles. The molecule has 1 aromatic heterocycles. The van der Waals surface area contributed by atoms with Gasteiger partial charge in [-0.25, -0.2) is 13.2 Å². The van der Waals surface area contributed by atoms with Crippen LogP contribution in [-0.4, -0.2) is 38.2 Å². The van der Waals surface area contributed by atoms with Crippen LogP contribution in [0.2, 0.25) is 0 Å². The summed E-state index contributed by atoms with van der Waals surface area (Å²) in [5.41, 5.74) is 6.44. The summed E-state index contributed by atoms with van der Waals surface area (Å²) >= 11 is 0. The lowest BCUT2D eigenvalue weighted by molar-refractivity contribution is -0.148. The van der Waals surface area contributed by atoms with E-state index >= 15 is 0 Å². The van der Waals surface area contributed by atoms with Crippen molar-refractivity contribution in [3.05, 3.63) is 46.3 Å². The molecule has 0 spiro atoms. The zero-order valence-electron chi connectivity index (χ0n) is 15.5. The van der Waals surface area contributed by atoms with E-state index in [1.54, 1.807) is 0 Å². The molecule has 2 atom stereocenters. The summed E-state index contributed by atoms with van der Waals surface area (Å²) in [6, 6.07) is 0.131. The van der Waals surface area contributed by atoms with Crippen molar-refractivity contribution < 1.29 is 31.1 Å². The Labute approximate surface area is 166 Å². The zero-order valence-corrected chi connectivity index (χ0v) is 15.5. The summed E-state index contributed by atoms with van der Waals surface area (Å²) in [5.74, 6) is -6.12. The molecule has 2 aromatic rings. The number of alkyl halides is 3. The molecule has 1 aliphatic heterocycles. The van der Waals surface area contributed by atoms with E-state index in [2.05, 4.69) is 10.2 Å². The van der Waals surface area contributed by atoms with Crippen molar-refractivity contribution >= 4 is 5.91 Å². The number of carbonyl (C=O) groups excluding carboxylic acids is 1. The Morgan fingerprint density at radius 1 is 1.20 bits per heavy atom. The van der Waals surface area contributed by atoms with Gasteiger partial charge in [-0.1, -0.05) is 0 Å². The lowest BCUT2D eigenvalue weighted by atomic mass is 9.91.